The molecule has 5 nitrogen and oxygen atoms in total. The van der Waals surface area contributed by atoms with Crippen LogP contribution < -0.4 is 0 Å². The first kappa shape index (κ1) is 21.8. The Balaban J connectivity index is 1.42. The van der Waals surface area contributed by atoms with Crippen molar-refractivity contribution in [2.24, 2.45) is 11.3 Å². The third kappa shape index (κ3) is 3.34. The lowest BCUT2D eigenvalue weighted by Crippen LogP contribution is -2.48. The maximum Gasteiger partial charge on any atom is 0.339 e. The Morgan fingerprint density at radius 2 is 1.97 bits per heavy atom. The highest BCUT2D eigenvalue weighted by Crippen LogP contribution is 2.65. The van der Waals surface area contributed by atoms with E-state index in [1.165, 1.54) is 24.8 Å². The third-order valence-corrected chi connectivity index (χ3v) is 7.82. The molecule has 0 bridgehead atoms. The quantitative estimate of drug-likeness (QED) is 0.447. The van der Waals surface area contributed by atoms with Crippen LogP contribution in [0.1, 0.15) is 52.9 Å². The van der Waals surface area contributed by atoms with E-state index in [1.807, 2.05) is 16.9 Å². The minimum atomic E-state index is -1.21. The molecule has 3 aromatic rings. The van der Waals surface area contributed by atoms with Gasteiger partial charge in [0.2, 0.25) is 0 Å². The Morgan fingerprint density at radius 1 is 1.20 bits per heavy atom. The summed E-state index contributed by atoms with van der Waals surface area (Å²) in [7, 11) is 1.35. The monoisotopic (exact) mass is 468 g/mol. The van der Waals surface area contributed by atoms with Crippen molar-refractivity contribution in [1.29, 1.82) is 0 Å². The van der Waals surface area contributed by atoms with Crippen molar-refractivity contribution in [3.63, 3.8) is 0 Å². The van der Waals surface area contributed by atoms with Gasteiger partial charge in [-0.2, -0.15) is 5.10 Å². The Hall–Kier alpha value is -3.69. The highest BCUT2D eigenvalue weighted by atomic mass is 19.1. The third-order valence-electron chi connectivity index (χ3n) is 7.82. The first-order valence-electron chi connectivity index (χ1n) is 11.9. The molecule has 0 saturated heterocycles. The molecule has 0 amide bonds. The van der Waals surface area contributed by atoms with E-state index in [0.29, 0.717) is 29.9 Å². The van der Waals surface area contributed by atoms with Crippen molar-refractivity contribution in [1.82, 2.24) is 9.78 Å². The summed E-state index contributed by atoms with van der Waals surface area (Å²) in [5.74, 6) is 5.97. The highest BCUT2D eigenvalue weighted by molar-refractivity contribution is 5.92. The van der Waals surface area contributed by atoms with Crippen LogP contribution in [0, 0.1) is 29.0 Å². The predicted octanol–water partition coefficient (Wildman–Crippen LogP) is 4.71. The van der Waals surface area contributed by atoms with Crippen molar-refractivity contribution in [2.75, 3.05) is 7.11 Å². The number of nitrogens with zero attached hydrogens (tertiary/aromatic N) is 2. The molecular weight excluding hydrogens is 443 g/mol. The molecule has 2 aromatic carbocycles. The van der Waals surface area contributed by atoms with Crippen molar-refractivity contribution in [2.45, 2.75) is 37.7 Å². The second-order valence-electron chi connectivity index (χ2n) is 9.68. The number of halogens is 1. The predicted molar refractivity (Wildman–Crippen MR) is 129 cm³/mol. The number of carbonyl (C=O) groups excluding carboxylic acids is 1. The molecule has 6 rings (SSSR count). The number of aliphatic hydroxyl groups is 1. The van der Waals surface area contributed by atoms with Gasteiger partial charge in [-0.1, -0.05) is 29.5 Å². The Morgan fingerprint density at radius 3 is 2.71 bits per heavy atom. The van der Waals surface area contributed by atoms with Crippen LogP contribution in [0.25, 0.3) is 11.8 Å². The highest BCUT2D eigenvalue weighted by Gasteiger charge is 2.64. The standard InChI is InChI=1S/C29H25FN2O3/c1-35-27(33)25-5-3-2-4-19(25)12-14-28(34)15-13-22-16-26-20(17-29(22,28)21-6-7-21)18-31-32(26)24-10-8-23(30)9-11-24/h2-5,8-11,16,18,21,34H,6-7,13,15,17H2,1H3/t28-,29+/m0/s1. The van der Waals surface area contributed by atoms with Gasteiger partial charge in [0.1, 0.15) is 11.4 Å². The minimum absolute atomic E-state index is 0.283. The van der Waals surface area contributed by atoms with Gasteiger partial charge in [0.15, 0.2) is 0 Å². The number of methoxy groups -OCH3 is 1. The van der Waals surface area contributed by atoms with E-state index >= 15 is 0 Å². The maximum atomic E-state index is 13.5. The number of hydrogen-bond donors (Lipinski definition) is 1. The van der Waals surface area contributed by atoms with E-state index in [4.69, 9.17) is 4.74 Å². The zero-order valence-electron chi connectivity index (χ0n) is 19.4. The molecule has 176 valence electrons. The molecule has 35 heavy (non-hydrogen) atoms. The van der Waals surface area contributed by atoms with Gasteiger partial charge >= 0.3 is 5.97 Å². The largest absolute Gasteiger partial charge is 0.465 e. The van der Waals surface area contributed by atoms with Gasteiger partial charge in [0, 0.05) is 11.0 Å². The van der Waals surface area contributed by atoms with Gasteiger partial charge < -0.3 is 9.84 Å². The summed E-state index contributed by atoms with van der Waals surface area (Å²) in [6, 6.07) is 13.4. The molecule has 3 aliphatic carbocycles. The lowest BCUT2D eigenvalue weighted by molar-refractivity contribution is -0.00859. The fourth-order valence-electron chi connectivity index (χ4n) is 5.97. The zero-order chi connectivity index (χ0) is 24.2. The average molecular weight is 469 g/mol. The lowest BCUT2D eigenvalue weighted by atomic mass is 9.63. The van der Waals surface area contributed by atoms with Crippen LogP contribution in [-0.4, -0.2) is 33.6 Å². The normalized spacial score (nSPS) is 24.6. The van der Waals surface area contributed by atoms with Crippen LogP contribution in [-0.2, 0) is 11.2 Å². The van der Waals surface area contributed by atoms with Gasteiger partial charge in [-0.05, 0) is 86.1 Å². The number of carbonyl (C=O) groups is 1. The van der Waals surface area contributed by atoms with Gasteiger partial charge in [0.25, 0.3) is 0 Å². The van der Waals surface area contributed by atoms with Crippen molar-refractivity contribution in [3.05, 3.63) is 88.5 Å². The van der Waals surface area contributed by atoms with Crippen LogP contribution in [0.4, 0.5) is 4.39 Å². The molecule has 0 unspecified atom stereocenters. The number of ether oxygens (including phenoxy) is 1. The summed E-state index contributed by atoms with van der Waals surface area (Å²) in [4.78, 5) is 12.2. The summed E-state index contributed by atoms with van der Waals surface area (Å²) >= 11 is 0. The van der Waals surface area contributed by atoms with Crippen LogP contribution in [0.5, 0.6) is 0 Å². The molecule has 2 fully saturated rings. The first-order valence-corrected chi connectivity index (χ1v) is 11.9. The SMILES string of the molecule is COC(=O)c1ccccc1C#C[C@]1(O)CCC2=Cc3c(cnn3-c3ccc(F)cc3)C[C@@]21C1CC1. The van der Waals surface area contributed by atoms with Gasteiger partial charge in [0.05, 0.1) is 30.3 Å². The molecule has 2 saturated carbocycles. The summed E-state index contributed by atoms with van der Waals surface area (Å²) in [6.45, 7) is 0. The number of aromatic nitrogens is 2. The average Bonchev–Trinajstić information content (AvgIpc) is 3.60. The van der Waals surface area contributed by atoms with E-state index in [9.17, 15) is 14.3 Å². The van der Waals surface area contributed by atoms with Gasteiger partial charge in [-0.25, -0.2) is 13.9 Å². The molecule has 3 aliphatic rings. The summed E-state index contributed by atoms with van der Waals surface area (Å²) in [6.07, 6.45) is 8.07. The summed E-state index contributed by atoms with van der Waals surface area (Å²) < 4.78 is 20.2. The molecule has 0 aliphatic heterocycles. The fraction of sp³-hybridized carbons (Fsp3) is 0.310. The van der Waals surface area contributed by atoms with Crippen LogP contribution in [0.3, 0.4) is 0 Å². The Kier molecular flexibility index (Phi) is 4.94. The summed E-state index contributed by atoms with van der Waals surface area (Å²) in [5.41, 5.74) is 3.31. The number of esters is 1. The van der Waals surface area contributed by atoms with E-state index in [1.54, 1.807) is 30.3 Å². The van der Waals surface area contributed by atoms with E-state index in [-0.39, 0.29) is 5.82 Å². The molecule has 6 heteroatoms. The van der Waals surface area contributed by atoms with Crippen molar-refractivity contribution < 1.29 is 19.0 Å². The molecule has 0 radical (unpaired) electrons. The van der Waals surface area contributed by atoms with Gasteiger partial charge in [-0.3, -0.25) is 0 Å². The van der Waals surface area contributed by atoms with Crippen LogP contribution in [0.2, 0.25) is 0 Å². The van der Waals surface area contributed by atoms with Crippen LogP contribution in [0.15, 0.2) is 60.3 Å². The molecular formula is C29H25FN2O3. The van der Waals surface area contributed by atoms with Crippen LogP contribution >= 0.6 is 0 Å². The molecule has 0 spiro atoms. The minimum Gasteiger partial charge on any atom is -0.465 e. The Labute approximate surface area is 203 Å². The molecule has 1 heterocycles. The Bertz CT molecular complexity index is 1420. The van der Waals surface area contributed by atoms with E-state index < -0.39 is 17.0 Å². The second kappa shape index (κ2) is 7.93. The number of hydrogen-bond acceptors (Lipinski definition) is 4. The maximum absolute atomic E-state index is 13.5. The number of benzene rings is 2. The smallest absolute Gasteiger partial charge is 0.339 e. The summed E-state index contributed by atoms with van der Waals surface area (Å²) in [5, 5.41) is 16.7. The second-order valence-corrected chi connectivity index (χ2v) is 9.68. The molecule has 1 N–H and O–H groups in total. The zero-order valence-corrected chi connectivity index (χ0v) is 19.4. The van der Waals surface area contributed by atoms with E-state index in [0.717, 1.165) is 36.2 Å². The fourth-order valence-corrected chi connectivity index (χ4v) is 5.97. The van der Waals surface area contributed by atoms with Gasteiger partial charge in [-0.15, -0.1) is 0 Å². The number of rotatable bonds is 3. The van der Waals surface area contributed by atoms with Crippen molar-refractivity contribution in [3.8, 4) is 17.5 Å². The topological polar surface area (TPSA) is 64.3 Å². The number of fused-ring (bicyclic) bond motifs is 2. The molecule has 2 atom stereocenters. The molecule has 1 aromatic heterocycles. The lowest BCUT2D eigenvalue weighted by Gasteiger charge is -2.43. The van der Waals surface area contributed by atoms with E-state index in [2.05, 4.69) is 23.0 Å². The first-order chi connectivity index (χ1) is 16.9. The van der Waals surface area contributed by atoms with Crippen molar-refractivity contribution >= 4 is 12.0 Å².